The summed E-state index contributed by atoms with van der Waals surface area (Å²) in [6.45, 7) is 0. The molecule has 6 heteroatoms. The van der Waals surface area contributed by atoms with Crippen LogP contribution in [0, 0.1) is 0 Å². The number of hydrogen-bond donors (Lipinski definition) is 2. The van der Waals surface area contributed by atoms with Gasteiger partial charge in [0.05, 0.1) is 22.8 Å². The molecular weight excluding hydrogens is 225 g/mol. The topological polar surface area (TPSA) is 73.6 Å². The van der Waals surface area contributed by atoms with Gasteiger partial charge in [-0.25, -0.2) is 4.99 Å². The second-order valence-electron chi connectivity index (χ2n) is 2.47. The van der Waals surface area contributed by atoms with Crippen LogP contribution in [0.3, 0.4) is 0 Å². The molecule has 1 rings (SSSR count). The van der Waals surface area contributed by atoms with Crippen LogP contribution in [0.2, 0.25) is 10.0 Å². The summed E-state index contributed by atoms with van der Waals surface area (Å²) in [4.78, 5) is 3.81. The molecule has 0 bridgehead atoms. The van der Waals surface area contributed by atoms with Gasteiger partial charge in [-0.2, -0.15) is 0 Å². The van der Waals surface area contributed by atoms with Gasteiger partial charge in [0.25, 0.3) is 0 Å². The number of guanidine groups is 1. The first-order valence-electron chi connectivity index (χ1n) is 3.67. The summed E-state index contributed by atoms with van der Waals surface area (Å²) in [7, 11) is 1.49. The molecule has 0 radical (unpaired) electrons. The smallest absolute Gasteiger partial charge is 0.191 e. The van der Waals surface area contributed by atoms with Crippen molar-refractivity contribution >= 4 is 34.8 Å². The summed E-state index contributed by atoms with van der Waals surface area (Å²) in [6, 6.07) is 3.08. The van der Waals surface area contributed by atoms with Crippen molar-refractivity contribution in [1.82, 2.24) is 0 Å². The van der Waals surface area contributed by atoms with Crippen molar-refractivity contribution in [3.63, 3.8) is 0 Å². The molecule has 76 valence electrons. The maximum Gasteiger partial charge on any atom is 0.191 e. The van der Waals surface area contributed by atoms with Crippen LogP contribution in [0.4, 0.5) is 5.69 Å². The van der Waals surface area contributed by atoms with Crippen molar-refractivity contribution < 1.29 is 4.74 Å². The molecule has 0 aliphatic carbocycles. The number of ether oxygens (including phenoxy) is 1. The Hall–Kier alpha value is -1.13. The first kappa shape index (κ1) is 10.9. The molecule has 1 aromatic carbocycles. The molecule has 0 saturated heterocycles. The molecule has 0 aliphatic heterocycles. The second-order valence-corrected chi connectivity index (χ2v) is 3.29. The lowest BCUT2D eigenvalue weighted by molar-refractivity contribution is 0.415. The van der Waals surface area contributed by atoms with Gasteiger partial charge in [-0.1, -0.05) is 23.2 Å². The fourth-order valence-electron chi connectivity index (χ4n) is 0.900. The lowest BCUT2D eigenvalue weighted by atomic mass is 10.3. The normalized spacial score (nSPS) is 9.64. The first-order chi connectivity index (χ1) is 6.54. The number of aliphatic imine (C=N–C) groups is 1. The van der Waals surface area contributed by atoms with Crippen molar-refractivity contribution in [3.05, 3.63) is 22.2 Å². The van der Waals surface area contributed by atoms with Gasteiger partial charge in [0.2, 0.25) is 0 Å². The number of methoxy groups -OCH3 is 1. The van der Waals surface area contributed by atoms with Crippen molar-refractivity contribution in [3.8, 4) is 5.75 Å². The van der Waals surface area contributed by atoms with Gasteiger partial charge in [0, 0.05) is 6.07 Å². The van der Waals surface area contributed by atoms with Crippen LogP contribution in [-0.2, 0) is 0 Å². The molecule has 0 saturated carbocycles. The molecule has 0 heterocycles. The number of nitrogens with zero attached hydrogens (tertiary/aromatic N) is 1. The summed E-state index contributed by atoms with van der Waals surface area (Å²) in [5.74, 6) is 0.396. The number of nitrogens with two attached hydrogens (primary N) is 2. The van der Waals surface area contributed by atoms with Crippen LogP contribution >= 0.6 is 23.2 Å². The Labute approximate surface area is 91.5 Å². The standard InChI is InChI=1S/C8H9Cl2N3O/c1-14-7-3-6(13-8(11)12)4(9)2-5(7)10/h2-3H,1H3,(H4,11,12,13). The van der Waals surface area contributed by atoms with E-state index in [1.54, 1.807) is 6.07 Å². The van der Waals surface area contributed by atoms with Crippen LogP contribution in [-0.4, -0.2) is 13.1 Å². The number of hydrogen-bond acceptors (Lipinski definition) is 2. The van der Waals surface area contributed by atoms with Gasteiger partial charge in [-0.3, -0.25) is 0 Å². The van der Waals surface area contributed by atoms with E-state index in [4.69, 9.17) is 39.4 Å². The molecule has 0 aliphatic rings. The average molecular weight is 234 g/mol. The third-order valence-electron chi connectivity index (χ3n) is 1.47. The molecule has 14 heavy (non-hydrogen) atoms. The van der Waals surface area contributed by atoms with Gasteiger partial charge >= 0.3 is 0 Å². The zero-order valence-corrected chi connectivity index (χ0v) is 8.93. The van der Waals surface area contributed by atoms with E-state index in [1.807, 2.05) is 0 Å². The molecule has 0 amide bonds. The Morgan fingerprint density at radius 2 is 1.93 bits per heavy atom. The minimum absolute atomic E-state index is 0.0729. The first-order valence-corrected chi connectivity index (χ1v) is 4.43. The zero-order valence-electron chi connectivity index (χ0n) is 7.42. The summed E-state index contributed by atoms with van der Waals surface area (Å²) in [6.07, 6.45) is 0. The third kappa shape index (κ3) is 2.43. The van der Waals surface area contributed by atoms with Crippen molar-refractivity contribution in [2.45, 2.75) is 0 Å². The highest BCUT2D eigenvalue weighted by Gasteiger charge is 2.06. The summed E-state index contributed by atoms with van der Waals surface area (Å²) in [5, 5.41) is 0.774. The highest BCUT2D eigenvalue weighted by atomic mass is 35.5. The molecule has 0 atom stereocenters. The monoisotopic (exact) mass is 233 g/mol. The third-order valence-corrected chi connectivity index (χ3v) is 2.07. The maximum absolute atomic E-state index is 5.84. The largest absolute Gasteiger partial charge is 0.495 e. The molecule has 4 N–H and O–H groups in total. The van der Waals surface area contributed by atoms with E-state index >= 15 is 0 Å². The Bertz CT molecular complexity index is 375. The summed E-state index contributed by atoms with van der Waals surface area (Å²) >= 11 is 11.7. The zero-order chi connectivity index (χ0) is 10.7. The number of benzene rings is 1. The molecule has 1 aromatic rings. The fraction of sp³-hybridized carbons (Fsp3) is 0.125. The molecule has 0 aromatic heterocycles. The maximum atomic E-state index is 5.84. The highest BCUT2D eigenvalue weighted by Crippen LogP contribution is 2.35. The van der Waals surface area contributed by atoms with E-state index in [2.05, 4.69) is 4.99 Å². The van der Waals surface area contributed by atoms with Crippen molar-refractivity contribution in [1.29, 1.82) is 0 Å². The Kier molecular flexibility index (Phi) is 3.43. The van der Waals surface area contributed by atoms with Crippen LogP contribution < -0.4 is 16.2 Å². The van der Waals surface area contributed by atoms with Crippen molar-refractivity contribution in [2.24, 2.45) is 16.5 Å². The SMILES string of the molecule is COc1cc(N=C(N)N)c(Cl)cc1Cl. The van der Waals surface area contributed by atoms with Gasteiger partial charge in [-0.05, 0) is 6.07 Å². The van der Waals surface area contributed by atoms with E-state index in [0.717, 1.165) is 0 Å². The Balaban J connectivity index is 3.24. The molecule has 0 fully saturated rings. The highest BCUT2D eigenvalue weighted by molar-refractivity contribution is 6.37. The quantitative estimate of drug-likeness (QED) is 0.606. The minimum atomic E-state index is -0.0729. The van der Waals surface area contributed by atoms with E-state index < -0.39 is 0 Å². The molecular formula is C8H9Cl2N3O. The lowest BCUT2D eigenvalue weighted by Gasteiger charge is -2.05. The molecule has 0 unspecified atom stereocenters. The molecule has 0 spiro atoms. The number of rotatable bonds is 2. The van der Waals surface area contributed by atoms with Crippen LogP contribution in [0.1, 0.15) is 0 Å². The Morgan fingerprint density at radius 1 is 1.29 bits per heavy atom. The van der Waals surface area contributed by atoms with E-state index in [1.165, 1.54) is 13.2 Å². The lowest BCUT2D eigenvalue weighted by Crippen LogP contribution is -2.21. The summed E-state index contributed by atoms with van der Waals surface area (Å²) < 4.78 is 4.98. The van der Waals surface area contributed by atoms with Crippen LogP contribution in [0.25, 0.3) is 0 Å². The average Bonchev–Trinajstić information content (AvgIpc) is 2.09. The van der Waals surface area contributed by atoms with Gasteiger partial charge in [0.15, 0.2) is 5.96 Å². The minimum Gasteiger partial charge on any atom is -0.495 e. The van der Waals surface area contributed by atoms with E-state index in [-0.39, 0.29) is 5.96 Å². The van der Waals surface area contributed by atoms with Gasteiger partial charge in [0.1, 0.15) is 5.75 Å². The van der Waals surface area contributed by atoms with Crippen LogP contribution in [0.5, 0.6) is 5.75 Å². The Morgan fingerprint density at radius 3 is 2.43 bits per heavy atom. The van der Waals surface area contributed by atoms with Gasteiger partial charge < -0.3 is 16.2 Å². The predicted molar refractivity (Wildman–Crippen MR) is 58.5 cm³/mol. The fourth-order valence-corrected chi connectivity index (χ4v) is 1.40. The van der Waals surface area contributed by atoms with Crippen molar-refractivity contribution in [2.75, 3.05) is 7.11 Å². The molecule has 4 nitrogen and oxygen atoms in total. The van der Waals surface area contributed by atoms with Crippen LogP contribution in [0.15, 0.2) is 17.1 Å². The van der Waals surface area contributed by atoms with Gasteiger partial charge in [-0.15, -0.1) is 0 Å². The summed E-state index contributed by atoms with van der Waals surface area (Å²) in [5.41, 5.74) is 10.9. The predicted octanol–water partition coefficient (Wildman–Crippen LogP) is 1.91. The van der Waals surface area contributed by atoms with E-state index in [0.29, 0.717) is 21.5 Å². The van der Waals surface area contributed by atoms with E-state index in [9.17, 15) is 0 Å². The second kappa shape index (κ2) is 4.39. The number of halogens is 2.